The number of likely N-dealkylation sites (N-methyl/N-ethyl adjacent to an activating group) is 1. The van der Waals surface area contributed by atoms with Crippen molar-refractivity contribution < 1.29 is 18.0 Å². The summed E-state index contributed by atoms with van der Waals surface area (Å²) in [4.78, 5) is 31.3. The normalized spacial score (nSPS) is 21.3. The van der Waals surface area contributed by atoms with Gasteiger partial charge in [0.2, 0.25) is 21.8 Å². The Bertz CT molecular complexity index is 1150. The molecule has 4 rings (SSSR count). The first-order valence-electron chi connectivity index (χ1n) is 10.7. The second kappa shape index (κ2) is 8.97. The van der Waals surface area contributed by atoms with E-state index in [9.17, 15) is 18.0 Å². The van der Waals surface area contributed by atoms with Gasteiger partial charge in [0.25, 0.3) is 0 Å². The predicted molar refractivity (Wildman–Crippen MR) is 123 cm³/mol. The van der Waals surface area contributed by atoms with Crippen molar-refractivity contribution in [2.75, 3.05) is 39.8 Å². The number of halogens is 1. The third-order valence-electron chi connectivity index (χ3n) is 6.26. The third kappa shape index (κ3) is 4.61. The maximum absolute atomic E-state index is 13.0. The number of hydrogen-bond acceptors (Lipinski definition) is 5. The van der Waals surface area contributed by atoms with Crippen LogP contribution in [0.4, 0.5) is 0 Å². The summed E-state index contributed by atoms with van der Waals surface area (Å²) >= 11 is 5.99. The summed E-state index contributed by atoms with van der Waals surface area (Å²) in [5.41, 5.74) is 0. The number of rotatable bonds is 5. The minimum Gasteiger partial charge on any atom is -0.338 e. The standard InChI is InChI=1S/C22H27ClN4O4S/c1-15(21(28)26-11-9-25(2)10-12-26)27-8-7-20(22(27)29)24-32(30,31)19-6-4-16-13-18(23)5-3-17(16)14-19/h3-6,13-15,20,24H,7-12H2,1-2H3/t15-,20?/m1/s1. The van der Waals surface area contributed by atoms with Gasteiger partial charge >= 0.3 is 0 Å². The third-order valence-corrected chi connectivity index (χ3v) is 7.97. The summed E-state index contributed by atoms with van der Waals surface area (Å²) in [6.07, 6.45) is 0.321. The zero-order valence-corrected chi connectivity index (χ0v) is 19.7. The first-order valence-corrected chi connectivity index (χ1v) is 12.5. The molecule has 0 spiro atoms. The van der Waals surface area contributed by atoms with Gasteiger partial charge in [-0.05, 0) is 55.4 Å². The summed E-state index contributed by atoms with van der Waals surface area (Å²) in [6.45, 7) is 4.91. The van der Waals surface area contributed by atoms with Gasteiger partial charge in [-0.1, -0.05) is 23.7 Å². The minimum atomic E-state index is -3.91. The topological polar surface area (TPSA) is 90.0 Å². The number of nitrogens with one attached hydrogen (secondary N) is 1. The van der Waals surface area contributed by atoms with Crippen LogP contribution in [0.5, 0.6) is 0 Å². The van der Waals surface area contributed by atoms with Crippen LogP contribution in [0.25, 0.3) is 10.8 Å². The lowest BCUT2D eigenvalue weighted by Crippen LogP contribution is -2.54. The van der Waals surface area contributed by atoms with Crippen molar-refractivity contribution in [1.82, 2.24) is 19.4 Å². The highest BCUT2D eigenvalue weighted by Crippen LogP contribution is 2.24. The van der Waals surface area contributed by atoms with Gasteiger partial charge in [0.1, 0.15) is 12.1 Å². The van der Waals surface area contributed by atoms with Crippen LogP contribution in [0.1, 0.15) is 13.3 Å². The Morgan fingerprint density at radius 2 is 1.72 bits per heavy atom. The second-order valence-electron chi connectivity index (χ2n) is 8.45. The molecule has 8 nitrogen and oxygen atoms in total. The lowest BCUT2D eigenvalue weighted by atomic mass is 10.1. The molecular formula is C22H27ClN4O4S. The van der Waals surface area contributed by atoms with E-state index < -0.39 is 22.1 Å². The molecule has 0 aliphatic carbocycles. The molecular weight excluding hydrogens is 452 g/mol. The van der Waals surface area contributed by atoms with E-state index in [-0.39, 0.29) is 16.7 Å². The molecule has 2 heterocycles. The SMILES string of the molecule is C[C@H](C(=O)N1CCN(C)CC1)N1CCC(NS(=O)(=O)c2ccc3cc(Cl)ccc3c2)C1=O. The number of hydrogen-bond donors (Lipinski definition) is 1. The fourth-order valence-electron chi connectivity index (χ4n) is 4.24. The number of piperazine rings is 1. The predicted octanol–water partition coefficient (Wildman–Crippen LogP) is 1.53. The Balaban J connectivity index is 1.44. The second-order valence-corrected chi connectivity index (χ2v) is 10.6. The number of fused-ring (bicyclic) bond motifs is 1. The molecule has 32 heavy (non-hydrogen) atoms. The molecule has 2 aliphatic heterocycles. The zero-order valence-electron chi connectivity index (χ0n) is 18.1. The van der Waals surface area contributed by atoms with Crippen molar-refractivity contribution in [2.24, 2.45) is 0 Å². The average molecular weight is 479 g/mol. The van der Waals surface area contributed by atoms with Gasteiger partial charge in [-0.3, -0.25) is 9.59 Å². The zero-order chi connectivity index (χ0) is 23.0. The summed E-state index contributed by atoms with van der Waals surface area (Å²) < 4.78 is 28.4. The number of sulfonamides is 1. The lowest BCUT2D eigenvalue weighted by molar-refractivity contribution is -0.144. The van der Waals surface area contributed by atoms with Crippen molar-refractivity contribution in [3.05, 3.63) is 41.4 Å². The Kier molecular flexibility index (Phi) is 6.44. The average Bonchev–Trinajstić information content (AvgIpc) is 3.12. The molecule has 10 heteroatoms. The van der Waals surface area contributed by atoms with E-state index >= 15 is 0 Å². The highest BCUT2D eigenvalue weighted by atomic mass is 35.5. The van der Waals surface area contributed by atoms with E-state index in [0.29, 0.717) is 31.1 Å². The van der Waals surface area contributed by atoms with Crippen LogP contribution in [0.15, 0.2) is 41.3 Å². The smallest absolute Gasteiger partial charge is 0.245 e. The van der Waals surface area contributed by atoms with Gasteiger partial charge in [0.15, 0.2) is 0 Å². The van der Waals surface area contributed by atoms with Gasteiger partial charge in [-0.25, -0.2) is 8.42 Å². The van der Waals surface area contributed by atoms with E-state index in [4.69, 9.17) is 11.6 Å². The maximum Gasteiger partial charge on any atom is 0.245 e. The largest absolute Gasteiger partial charge is 0.338 e. The van der Waals surface area contributed by atoms with Gasteiger partial charge in [0, 0.05) is 37.7 Å². The number of carbonyl (C=O) groups excluding carboxylic acids is 2. The molecule has 0 radical (unpaired) electrons. The van der Waals surface area contributed by atoms with Crippen LogP contribution in [0.3, 0.4) is 0 Å². The number of likely N-dealkylation sites (tertiary alicyclic amines) is 1. The molecule has 2 fully saturated rings. The van der Waals surface area contributed by atoms with Crippen molar-refractivity contribution >= 4 is 44.2 Å². The molecule has 0 bridgehead atoms. The van der Waals surface area contributed by atoms with Gasteiger partial charge in [-0.15, -0.1) is 0 Å². The van der Waals surface area contributed by atoms with Crippen LogP contribution in [-0.2, 0) is 19.6 Å². The van der Waals surface area contributed by atoms with Crippen LogP contribution in [-0.4, -0.2) is 86.8 Å². The molecule has 1 N–H and O–H groups in total. The number of nitrogens with zero attached hydrogens (tertiary/aromatic N) is 3. The van der Waals surface area contributed by atoms with E-state index in [1.54, 1.807) is 42.2 Å². The fourth-order valence-corrected chi connectivity index (χ4v) is 5.68. The molecule has 0 aromatic heterocycles. The number of amides is 2. The van der Waals surface area contributed by atoms with Gasteiger partial charge in [0.05, 0.1) is 4.90 Å². The van der Waals surface area contributed by atoms with Crippen LogP contribution < -0.4 is 4.72 Å². The summed E-state index contributed by atoms with van der Waals surface area (Å²) in [5, 5.41) is 2.14. The van der Waals surface area contributed by atoms with Crippen molar-refractivity contribution in [1.29, 1.82) is 0 Å². The fraction of sp³-hybridized carbons (Fsp3) is 0.455. The van der Waals surface area contributed by atoms with Crippen molar-refractivity contribution in [3.63, 3.8) is 0 Å². The van der Waals surface area contributed by atoms with E-state index in [2.05, 4.69) is 9.62 Å². The molecule has 0 saturated carbocycles. The maximum atomic E-state index is 13.0. The van der Waals surface area contributed by atoms with Gasteiger partial charge < -0.3 is 14.7 Å². The van der Waals surface area contributed by atoms with Crippen LogP contribution in [0, 0.1) is 0 Å². The molecule has 2 atom stereocenters. The monoisotopic (exact) mass is 478 g/mol. The quantitative estimate of drug-likeness (QED) is 0.704. The lowest BCUT2D eigenvalue weighted by Gasteiger charge is -2.36. The molecule has 2 saturated heterocycles. The Morgan fingerprint density at radius 3 is 2.44 bits per heavy atom. The summed E-state index contributed by atoms with van der Waals surface area (Å²) in [5.74, 6) is -0.459. The van der Waals surface area contributed by atoms with E-state index in [1.165, 1.54) is 11.0 Å². The molecule has 2 aromatic rings. The van der Waals surface area contributed by atoms with Crippen molar-refractivity contribution in [2.45, 2.75) is 30.3 Å². The Labute approximate surface area is 193 Å². The highest BCUT2D eigenvalue weighted by molar-refractivity contribution is 7.89. The van der Waals surface area contributed by atoms with Crippen LogP contribution >= 0.6 is 11.6 Å². The Morgan fingerprint density at radius 1 is 1.06 bits per heavy atom. The first-order chi connectivity index (χ1) is 15.2. The molecule has 2 amide bonds. The minimum absolute atomic E-state index is 0.0835. The van der Waals surface area contributed by atoms with Gasteiger partial charge in [-0.2, -0.15) is 4.72 Å². The highest BCUT2D eigenvalue weighted by Gasteiger charge is 2.40. The number of carbonyl (C=O) groups is 2. The Hall–Kier alpha value is -2.20. The molecule has 172 valence electrons. The first kappa shape index (κ1) is 23.0. The van der Waals surface area contributed by atoms with Crippen LogP contribution in [0.2, 0.25) is 5.02 Å². The number of benzene rings is 2. The molecule has 2 aliphatic rings. The molecule has 2 aromatic carbocycles. The van der Waals surface area contributed by atoms with Crippen molar-refractivity contribution in [3.8, 4) is 0 Å². The summed E-state index contributed by atoms with van der Waals surface area (Å²) in [6, 6.07) is 8.46. The summed E-state index contributed by atoms with van der Waals surface area (Å²) in [7, 11) is -1.89. The molecule has 1 unspecified atom stereocenters. The van der Waals surface area contributed by atoms with E-state index in [0.717, 1.165) is 23.9 Å². The van der Waals surface area contributed by atoms with E-state index in [1.807, 2.05) is 7.05 Å².